The van der Waals surface area contributed by atoms with Gasteiger partial charge in [-0.1, -0.05) is 12.8 Å². The third-order valence-corrected chi connectivity index (χ3v) is 6.37. The van der Waals surface area contributed by atoms with Gasteiger partial charge in [0.1, 0.15) is 0 Å². The highest BCUT2D eigenvalue weighted by Crippen LogP contribution is 2.56. The minimum atomic E-state index is -0.312. The number of rotatable bonds is 2. The van der Waals surface area contributed by atoms with Crippen LogP contribution in [0.1, 0.15) is 51.4 Å². The van der Waals surface area contributed by atoms with Crippen molar-refractivity contribution in [1.29, 1.82) is 0 Å². The minimum absolute atomic E-state index is 0.312. The molecule has 118 valence electrons. The Morgan fingerprint density at radius 3 is 2.14 bits per heavy atom. The van der Waals surface area contributed by atoms with Crippen molar-refractivity contribution < 1.29 is 14.3 Å². The van der Waals surface area contributed by atoms with E-state index in [1.807, 2.05) is 7.05 Å². The largest absolute Gasteiger partial charge is 0.348 e. The summed E-state index contributed by atoms with van der Waals surface area (Å²) < 4.78 is 11.6. The lowest BCUT2D eigenvalue weighted by Gasteiger charge is -2.39. The Hall–Kier alpha value is -0.610. The van der Waals surface area contributed by atoms with Crippen LogP contribution in [0.5, 0.6) is 0 Å². The second-order valence-electron chi connectivity index (χ2n) is 7.43. The maximum absolute atomic E-state index is 12.7. The topological polar surface area (TPSA) is 38.8 Å². The van der Waals surface area contributed by atoms with Gasteiger partial charge in [-0.15, -0.1) is 0 Å². The van der Waals surface area contributed by atoms with Crippen LogP contribution in [0.4, 0.5) is 0 Å². The summed E-state index contributed by atoms with van der Waals surface area (Å²) in [4.78, 5) is 14.8. The molecular formula is C17H27NO3. The zero-order chi connectivity index (χ0) is 14.4. The molecule has 2 atom stereocenters. The van der Waals surface area contributed by atoms with Crippen molar-refractivity contribution in [3.63, 3.8) is 0 Å². The van der Waals surface area contributed by atoms with Gasteiger partial charge >= 0.3 is 0 Å². The third kappa shape index (κ3) is 2.40. The molecule has 0 N–H and O–H groups in total. The average molecular weight is 293 g/mol. The van der Waals surface area contributed by atoms with Crippen LogP contribution in [0, 0.1) is 17.8 Å². The molecule has 1 spiro atoms. The van der Waals surface area contributed by atoms with Gasteiger partial charge < -0.3 is 14.4 Å². The molecule has 3 aliphatic carbocycles. The predicted octanol–water partition coefficient (Wildman–Crippen LogP) is 2.57. The molecule has 0 aromatic heterocycles. The molecule has 0 aromatic carbocycles. The first-order valence-corrected chi connectivity index (χ1v) is 8.75. The Kier molecular flexibility index (Phi) is 3.49. The van der Waals surface area contributed by atoms with Crippen molar-refractivity contribution in [2.75, 3.05) is 20.3 Å². The summed E-state index contributed by atoms with van der Waals surface area (Å²) in [5.74, 6) is 1.89. The van der Waals surface area contributed by atoms with Gasteiger partial charge in [-0.2, -0.15) is 0 Å². The summed E-state index contributed by atoms with van der Waals surface area (Å²) >= 11 is 0. The molecule has 0 radical (unpaired) electrons. The van der Waals surface area contributed by atoms with Gasteiger partial charge in [0.15, 0.2) is 5.79 Å². The van der Waals surface area contributed by atoms with E-state index in [0.29, 0.717) is 29.7 Å². The molecule has 0 bridgehead atoms. The van der Waals surface area contributed by atoms with Crippen LogP contribution < -0.4 is 0 Å². The van der Waals surface area contributed by atoms with Gasteiger partial charge in [0.25, 0.3) is 0 Å². The van der Waals surface area contributed by atoms with E-state index in [1.165, 1.54) is 25.7 Å². The van der Waals surface area contributed by atoms with E-state index in [0.717, 1.165) is 38.9 Å². The lowest BCUT2D eigenvalue weighted by atomic mass is 9.89. The lowest BCUT2D eigenvalue weighted by molar-refractivity contribution is -0.184. The van der Waals surface area contributed by atoms with Gasteiger partial charge in [-0.25, -0.2) is 0 Å². The van der Waals surface area contributed by atoms with Crippen LogP contribution in [0.2, 0.25) is 0 Å². The Labute approximate surface area is 127 Å². The first-order chi connectivity index (χ1) is 10.2. The van der Waals surface area contributed by atoms with Gasteiger partial charge in [-0.05, 0) is 37.5 Å². The molecule has 1 amide bonds. The lowest BCUT2D eigenvalue weighted by Crippen LogP contribution is -2.45. The van der Waals surface area contributed by atoms with Crippen molar-refractivity contribution in [1.82, 2.24) is 4.90 Å². The number of carbonyl (C=O) groups excluding carboxylic acids is 1. The van der Waals surface area contributed by atoms with E-state index in [-0.39, 0.29) is 5.79 Å². The van der Waals surface area contributed by atoms with Crippen LogP contribution in [-0.4, -0.2) is 42.9 Å². The average Bonchev–Trinajstić information content (AvgIpc) is 3.09. The normalized spacial score (nSPS) is 38.2. The van der Waals surface area contributed by atoms with Crippen molar-refractivity contribution >= 4 is 5.91 Å². The van der Waals surface area contributed by atoms with E-state index < -0.39 is 0 Å². The summed E-state index contributed by atoms with van der Waals surface area (Å²) in [6, 6.07) is 0.388. The monoisotopic (exact) mass is 293 g/mol. The Morgan fingerprint density at radius 1 is 1.00 bits per heavy atom. The fraction of sp³-hybridized carbons (Fsp3) is 0.941. The minimum Gasteiger partial charge on any atom is -0.348 e. The van der Waals surface area contributed by atoms with Crippen molar-refractivity contribution in [2.24, 2.45) is 17.8 Å². The number of fused-ring (bicyclic) bond motifs is 1. The van der Waals surface area contributed by atoms with Crippen molar-refractivity contribution in [3.8, 4) is 0 Å². The molecule has 2 unspecified atom stereocenters. The van der Waals surface area contributed by atoms with Gasteiger partial charge in [0, 0.05) is 31.8 Å². The molecule has 1 heterocycles. The molecule has 4 rings (SSSR count). The molecule has 0 aromatic rings. The smallest absolute Gasteiger partial charge is 0.226 e. The zero-order valence-electron chi connectivity index (χ0n) is 13.1. The van der Waals surface area contributed by atoms with Crippen molar-refractivity contribution in [3.05, 3.63) is 0 Å². The number of hydrogen-bond acceptors (Lipinski definition) is 3. The second-order valence-corrected chi connectivity index (χ2v) is 7.43. The number of ether oxygens (including phenoxy) is 2. The van der Waals surface area contributed by atoms with Crippen LogP contribution in [0.15, 0.2) is 0 Å². The molecule has 4 fully saturated rings. The second kappa shape index (κ2) is 5.24. The number of amides is 1. The van der Waals surface area contributed by atoms with E-state index in [9.17, 15) is 4.79 Å². The fourth-order valence-electron chi connectivity index (χ4n) is 4.99. The first-order valence-electron chi connectivity index (χ1n) is 8.75. The summed E-state index contributed by atoms with van der Waals surface area (Å²) in [6.07, 6.45) is 9.13. The van der Waals surface area contributed by atoms with Gasteiger partial charge in [0.2, 0.25) is 5.91 Å². The van der Waals surface area contributed by atoms with Crippen LogP contribution in [0.3, 0.4) is 0 Å². The standard InChI is InChI=1S/C17H27NO3/c1-18(16(19)15-13-4-2-3-5-14(13)15)12-6-8-17(9-7-12)20-10-11-21-17/h12-15H,2-11H2,1H3. The molecule has 4 aliphatic rings. The predicted molar refractivity (Wildman–Crippen MR) is 78.6 cm³/mol. The molecule has 3 saturated carbocycles. The SMILES string of the molecule is CN(C(=O)C1C2CCCCC21)C1CCC2(CC1)OCCO2. The van der Waals surface area contributed by atoms with Gasteiger partial charge in [-0.3, -0.25) is 4.79 Å². The molecule has 1 aliphatic heterocycles. The van der Waals surface area contributed by atoms with Crippen LogP contribution >= 0.6 is 0 Å². The van der Waals surface area contributed by atoms with E-state index in [1.54, 1.807) is 0 Å². The summed E-state index contributed by atoms with van der Waals surface area (Å²) in [7, 11) is 2.02. The number of nitrogens with zero attached hydrogens (tertiary/aromatic N) is 1. The zero-order valence-corrected chi connectivity index (χ0v) is 13.1. The molecule has 1 saturated heterocycles. The number of carbonyl (C=O) groups is 1. The van der Waals surface area contributed by atoms with Gasteiger partial charge in [0.05, 0.1) is 13.2 Å². The molecule has 4 heteroatoms. The van der Waals surface area contributed by atoms with Crippen LogP contribution in [-0.2, 0) is 14.3 Å². The van der Waals surface area contributed by atoms with E-state index >= 15 is 0 Å². The third-order valence-electron chi connectivity index (χ3n) is 6.37. The highest BCUT2D eigenvalue weighted by molar-refractivity contribution is 5.82. The molecular weight excluding hydrogens is 266 g/mol. The summed E-state index contributed by atoms with van der Waals surface area (Å²) in [5, 5.41) is 0. The fourth-order valence-corrected chi connectivity index (χ4v) is 4.99. The Balaban J connectivity index is 1.33. The highest BCUT2D eigenvalue weighted by atomic mass is 16.7. The Bertz CT molecular complexity index is 396. The van der Waals surface area contributed by atoms with Crippen molar-refractivity contribution in [2.45, 2.75) is 63.2 Å². The van der Waals surface area contributed by atoms with E-state index in [2.05, 4.69) is 4.90 Å². The quantitative estimate of drug-likeness (QED) is 0.785. The summed E-state index contributed by atoms with van der Waals surface area (Å²) in [5.41, 5.74) is 0. The Morgan fingerprint density at radius 2 is 1.57 bits per heavy atom. The first kappa shape index (κ1) is 14.0. The van der Waals surface area contributed by atoms with Crippen LogP contribution in [0.25, 0.3) is 0 Å². The number of hydrogen-bond donors (Lipinski definition) is 0. The van der Waals surface area contributed by atoms with E-state index in [4.69, 9.17) is 9.47 Å². The maximum Gasteiger partial charge on any atom is 0.226 e. The highest BCUT2D eigenvalue weighted by Gasteiger charge is 2.56. The molecule has 4 nitrogen and oxygen atoms in total. The molecule has 21 heavy (non-hydrogen) atoms. The summed E-state index contributed by atoms with van der Waals surface area (Å²) in [6.45, 7) is 1.45. The maximum atomic E-state index is 12.7.